The highest BCUT2D eigenvalue weighted by molar-refractivity contribution is 7.12. The van der Waals surface area contributed by atoms with Crippen molar-refractivity contribution in [3.8, 4) is 5.82 Å². The van der Waals surface area contributed by atoms with E-state index in [9.17, 15) is 4.79 Å². The van der Waals surface area contributed by atoms with Crippen molar-refractivity contribution in [2.45, 2.75) is 20.4 Å². The zero-order valence-electron chi connectivity index (χ0n) is 17.4. The summed E-state index contributed by atoms with van der Waals surface area (Å²) in [6.07, 6.45) is 0. The fourth-order valence-corrected chi connectivity index (χ4v) is 4.01. The van der Waals surface area contributed by atoms with E-state index in [2.05, 4.69) is 47.9 Å². The average molecular weight is 445 g/mol. The standard InChI is InChI=1S/C18H24N10O2S/c1-3-26-6-8-27(9-7-26)11-13-15(21-25-28(13)17-16(19)23-30-24-17)18(29)22-20-12(2)14-5-4-10-31-14/h4-5,10H,3,6-9,11H2,1-2H3,(H2,19,23)(H,22,29)/b20-12+. The van der Waals surface area contributed by atoms with Crippen LogP contribution in [0.4, 0.5) is 5.82 Å². The minimum Gasteiger partial charge on any atom is -0.378 e. The van der Waals surface area contributed by atoms with Crippen LogP contribution in [0.15, 0.2) is 27.2 Å². The molecule has 0 spiro atoms. The molecule has 0 bridgehead atoms. The number of rotatable bonds is 7. The number of nitrogen functional groups attached to an aromatic ring is 1. The van der Waals surface area contributed by atoms with Gasteiger partial charge in [0.15, 0.2) is 5.69 Å². The number of hydrogen-bond acceptors (Lipinski definition) is 11. The van der Waals surface area contributed by atoms with Gasteiger partial charge >= 0.3 is 0 Å². The van der Waals surface area contributed by atoms with Gasteiger partial charge in [-0.05, 0) is 35.2 Å². The fraction of sp³-hybridized carbons (Fsp3) is 0.444. The van der Waals surface area contributed by atoms with Crippen LogP contribution in [0.2, 0.25) is 0 Å². The van der Waals surface area contributed by atoms with Gasteiger partial charge in [0.1, 0.15) is 0 Å². The van der Waals surface area contributed by atoms with Crippen LogP contribution in [0.1, 0.15) is 34.9 Å². The smallest absolute Gasteiger partial charge is 0.293 e. The van der Waals surface area contributed by atoms with Crippen molar-refractivity contribution in [1.29, 1.82) is 0 Å². The summed E-state index contributed by atoms with van der Waals surface area (Å²) < 4.78 is 6.11. The third-order valence-electron chi connectivity index (χ3n) is 5.16. The Kier molecular flexibility index (Phi) is 6.34. The van der Waals surface area contributed by atoms with Gasteiger partial charge in [0.25, 0.3) is 5.91 Å². The molecule has 0 unspecified atom stereocenters. The van der Waals surface area contributed by atoms with E-state index in [0.29, 0.717) is 18.0 Å². The molecule has 31 heavy (non-hydrogen) atoms. The van der Waals surface area contributed by atoms with E-state index in [1.54, 1.807) is 11.3 Å². The van der Waals surface area contributed by atoms with Gasteiger partial charge < -0.3 is 10.6 Å². The molecule has 3 aromatic rings. The Bertz CT molecular complexity index is 1050. The van der Waals surface area contributed by atoms with Crippen LogP contribution in [-0.4, -0.2) is 79.4 Å². The van der Waals surface area contributed by atoms with Gasteiger partial charge in [-0.25, -0.2) is 10.1 Å². The van der Waals surface area contributed by atoms with E-state index in [1.807, 2.05) is 24.4 Å². The van der Waals surface area contributed by atoms with Crippen LogP contribution < -0.4 is 11.2 Å². The van der Waals surface area contributed by atoms with Gasteiger partial charge in [-0.15, -0.1) is 16.4 Å². The van der Waals surface area contributed by atoms with Crippen molar-refractivity contribution in [1.82, 2.24) is 40.5 Å². The molecule has 4 heterocycles. The summed E-state index contributed by atoms with van der Waals surface area (Å²) in [5, 5.41) is 21.7. The topological polar surface area (TPSA) is 144 Å². The van der Waals surface area contributed by atoms with E-state index >= 15 is 0 Å². The van der Waals surface area contributed by atoms with Crippen molar-refractivity contribution in [2.24, 2.45) is 5.10 Å². The minimum absolute atomic E-state index is 0.0699. The van der Waals surface area contributed by atoms with Crippen LogP contribution in [0.5, 0.6) is 0 Å². The van der Waals surface area contributed by atoms with Gasteiger partial charge in [0.2, 0.25) is 11.6 Å². The number of nitrogens with one attached hydrogen (secondary N) is 1. The van der Waals surface area contributed by atoms with Gasteiger partial charge in [0, 0.05) is 37.6 Å². The number of hydrogen-bond donors (Lipinski definition) is 2. The highest BCUT2D eigenvalue weighted by Crippen LogP contribution is 2.18. The van der Waals surface area contributed by atoms with Crippen LogP contribution in [-0.2, 0) is 6.54 Å². The first-order valence-corrected chi connectivity index (χ1v) is 10.8. The Morgan fingerprint density at radius 3 is 2.71 bits per heavy atom. The van der Waals surface area contributed by atoms with Gasteiger partial charge in [-0.3, -0.25) is 9.69 Å². The van der Waals surface area contributed by atoms with E-state index < -0.39 is 5.91 Å². The molecule has 0 radical (unpaired) electrons. The SMILES string of the molecule is CCN1CCN(Cc2c(C(=O)N/N=C(\C)c3cccs3)nnn2-c2nonc2N)CC1. The summed E-state index contributed by atoms with van der Waals surface area (Å²) in [4.78, 5) is 18.5. The molecule has 3 N–H and O–H groups in total. The highest BCUT2D eigenvalue weighted by atomic mass is 32.1. The second kappa shape index (κ2) is 9.32. The summed E-state index contributed by atoms with van der Waals surface area (Å²) in [6, 6.07) is 3.87. The zero-order valence-corrected chi connectivity index (χ0v) is 18.2. The van der Waals surface area contributed by atoms with Gasteiger partial charge in [-0.1, -0.05) is 18.2 Å². The number of carbonyl (C=O) groups excluding carboxylic acids is 1. The molecule has 0 atom stereocenters. The number of nitrogens with zero attached hydrogens (tertiary/aromatic N) is 8. The lowest BCUT2D eigenvalue weighted by Gasteiger charge is -2.33. The molecule has 1 fully saturated rings. The minimum atomic E-state index is -0.459. The Balaban J connectivity index is 1.58. The molecule has 13 heteroatoms. The number of thiophene rings is 1. The first kappa shape index (κ1) is 21.1. The summed E-state index contributed by atoms with van der Waals surface area (Å²) in [5.74, 6) is -0.188. The van der Waals surface area contributed by atoms with E-state index in [-0.39, 0.29) is 17.3 Å². The lowest BCUT2D eigenvalue weighted by atomic mass is 10.2. The Morgan fingerprint density at radius 1 is 1.29 bits per heavy atom. The molecular weight excluding hydrogens is 420 g/mol. The molecule has 3 aromatic heterocycles. The van der Waals surface area contributed by atoms with Crippen LogP contribution in [0, 0.1) is 0 Å². The lowest BCUT2D eigenvalue weighted by molar-refractivity contribution is 0.0944. The number of nitrogens with two attached hydrogens (primary N) is 1. The molecule has 1 aliphatic rings. The molecule has 1 amide bonds. The quantitative estimate of drug-likeness (QED) is 0.395. The summed E-state index contributed by atoms with van der Waals surface area (Å²) >= 11 is 1.55. The van der Waals surface area contributed by atoms with Crippen molar-refractivity contribution >= 4 is 28.8 Å². The van der Waals surface area contributed by atoms with Gasteiger partial charge in [-0.2, -0.15) is 9.78 Å². The molecule has 1 aliphatic heterocycles. The second-order valence-electron chi connectivity index (χ2n) is 7.10. The van der Waals surface area contributed by atoms with Crippen molar-refractivity contribution in [3.05, 3.63) is 33.8 Å². The molecule has 12 nitrogen and oxygen atoms in total. The third kappa shape index (κ3) is 4.62. The first-order chi connectivity index (χ1) is 15.1. The Morgan fingerprint density at radius 2 is 2.06 bits per heavy atom. The number of carbonyl (C=O) groups is 1. The number of aromatic nitrogens is 5. The number of likely N-dealkylation sites (N-methyl/N-ethyl adjacent to an activating group) is 1. The first-order valence-electron chi connectivity index (χ1n) is 9.93. The third-order valence-corrected chi connectivity index (χ3v) is 6.14. The van der Waals surface area contributed by atoms with E-state index in [0.717, 1.165) is 37.6 Å². The maximum Gasteiger partial charge on any atom is 0.293 e. The number of amides is 1. The zero-order chi connectivity index (χ0) is 21.8. The predicted octanol–water partition coefficient (Wildman–Crippen LogP) is 0.586. The number of hydrazone groups is 1. The lowest BCUT2D eigenvalue weighted by Crippen LogP contribution is -2.46. The van der Waals surface area contributed by atoms with Crippen LogP contribution >= 0.6 is 11.3 Å². The average Bonchev–Trinajstić information content (AvgIpc) is 3.53. The van der Waals surface area contributed by atoms with E-state index in [1.165, 1.54) is 4.68 Å². The van der Waals surface area contributed by atoms with Crippen molar-refractivity contribution in [2.75, 3.05) is 38.5 Å². The molecule has 0 saturated carbocycles. The molecule has 164 valence electrons. The summed E-state index contributed by atoms with van der Waals surface area (Å²) in [5.41, 5.74) is 9.84. The van der Waals surface area contributed by atoms with Crippen molar-refractivity contribution < 1.29 is 9.42 Å². The maximum absolute atomic E-state index is 12.9. The number of piperazine rings is 1. The highest BCUT2D eigenvalue weighted by Gasteiger charge is 2.27. The van der Waals surface area contributed by atoms with Crippen molar-refractivity contribution in [3.63, 3.8) is 0 Å². The predicted molar refractivity (Wildman–Crippen MR) is 115 cm³/mol. The Labute approximate surface area is 182 Å². The molecule has 1 saturated heterocycles. The fourth-order valence-electron chi connectivity index (χ4n) is 3.33. The van der Waals surface area contributed by atoms with E-state index in [4.69, 9.17) is 10.4 Å². The molecule has 0 aromatic carbocycles. The molecular formula is C18H24N10O2S. The molecule has 4 rings (SSSR count). The largest absolute Gasteiger partial charge is 0.378 e. The monoisotopic (exact) mass is 444 g/mol. The number of anilines is 1. The maximum atomic E-state index is 12.9. The summed E-state index contributed by atoms with van der Waals surface area (Å²) in [6.45, 7) is 9.09. The molecule has 0 aliphatic carbocycles. The summed E-state index contributed by atoms with van der Waals surface area (Å²) in [7, 11) is 0. The van der Waals surface area contributed by atoms with Crippen LogP contribution in [0.3, 0.4) is 0 Å². The Hall–Kier alpha value is -3.16. The normalized spacial score (nSPS) is 16.0. The second-order valence-corrected chi connectivity index (χ2v) is 8.04. The van der Waals surface area contributed by atoms with Crippen LogP contribution in [0.25, 0.3) is 5.82 Å². The van der Waals surface area contributed by atoms with Gasteiger partial charge in [0.05, 0.1) is 11.4 Å².